The second kappa shape index (κ2) is 22.9. The number of thioether (sulfide) groups is 1. The zero-order valence-electron chi connectivity index (χ0n) is 43.6. The number of benzene rings is 5. The first-order valence-electron chi connectivity index (χ1n) is 25.2. The number of nitrogens with zero attached hydrogens (tertiary/aromatic N) is 3. The van der Waals surface area contributed by atoms with Crippen LogP contribution in [0.1, 0.15) is 70.7 Å². The van der Waals surface area contributed by atoms with Crippen LogP contribution in [0.4, 0.5) is 28.4 Å². The van der Waals surface area contributed by atoms with Crippen LogP contribution in [0.5, 0.6) is 23.0 Å². The second-order valence-electron chi connectivity index (χ2n) is 19.9. The summed E-state index contributed by atoms with van der Waals surface area (Å²) in [5, 5.41) is 5.36. The summed E-state index contributed by atoms with van der Waals surface area (Å²) in [5.74, 6) is 0.813. The Morgan fingerprint density at radius 1 is 0.720 bits per heavy atom. The molecule has 3 N–H and O–H groups in total. The van der Waals surface area contributed by atoms with Gasteiger partial charge in [-0.3, -0.25) is 14.1 Å². The summed E-state index contributed by atoms with van der Waals surface area (Å²) in [4.78, 5) is 34.3. The van der Waals surface area contributed by atoms with Crippen molar-refractivity contribution in [2.75, 3.05) is 99.3 Å². The molecule has 5 aromatic carbocycles. The molecule has 5 aromatic rings. The van der Waals surface area contributed by atoms with Crippen molar-refractivity contribution in [3.63, 3.8) is 0 Å². The zero-order valence-corrected chi connectivity index (χ0v) is 45.2. The summed E-state index contributed by atoms with van der Waals surface area (Å²) >= 11 is 1.89. The van der Waals surface area contributed by atoms with Crippen molar-refractivity contribution < 1.29 is 55.7 Å². The van der Waals surface area contributed by atoms with Gasteiger partial charge in [0.05, 0.1) is 81.8 Å². The largest absolute Gasteiger partial charge is 0.493 e. The Hall–Kier alpha value is -6.22. The number of amides is 2. The van der Waals surface area contributed by atoms with Gasteiger partial charge in [0.2, 0.25) is 0 Å². The molecule has 75 heavy (non-hydrogen) atoms. The van der Waals surface area contributed by atoms with Crippen molar-refractivity contribution in [3.8, 4) is 23.0 Å². The maximum absolute atomic E-state index is 14.4. The van der Waals surface area contributed by atoms with Crippen LogP contribution < -0.4 is 44.3 Å². The summed E-state index contributed by atoms with van der Waals surface area (Å²) in [6.45, 7) is 13.1. The summed E-state index contributed by atoms with van der Waals surface area (Å²) in [5.41, 5.74) is 7.40. The average Bonchev–Trinajstić information content (AvgIpc) is 3.90. The first-order chi connectivity index (χ1) is 36.0. The number of fused-ring (bicyclic) bond motifs is 8. The van der Waals surface area contributed by atoms with Crippen LogP contribution in [0.3, 0.4) is 0 Å². The molecule has 0 saturated heterocycles. The van der Waals surface area contributed by atoms with Gasteiger partial charge in [0.1, 0.15) is 13.2 Å². The third kappa shape index (κ3) is 11.9. The Bertz CT molecular complexity index is 3010. The Balaban J connectivity index is 1.03. The highest BCUT2D eigenvalue weighted by Gasteiger charge is 2.47. The van der Waals surface area contributed by atoms with Crippen LogP contribution in [-0.2, 0) is 50.4 Å². The molecule has 4 aliphatic rings. The summed E-state index contributed by atoms with van der Waals surface area (Å²) in [6.07, 6.45) is 0.977. The quantitative estimate of drug-likeness (QED) is 0.0417. The van der Waals surface area contributed by atoms with Crippen molar-refractivity contribution in [3.05, 3.63) is 124 Å². The number of para-hydroxylation sites is 2. The van der Waals surface area contributed by atoms with E-state index in [0.717, 1.165) is 40.0 Å². The fourth-order valence-electron chi connectivity index (χ4n) is 10.6. The molecular weight excluding hydrogens is 999 g/mol. The number of hydrogen-bond donors (Lipinski definition) is 3. The van der Waals surface area contributed by atoms with E-state index in [0.29, 0.717) is 86.4 Å². The zero-order chi connectivity index (χ0) is 53.0. The smallest absolute Gasteiger partial charge is 0.288 e. The first kappa shape index (κ1) is 53.6. The van der Waals surface area contributed by atoms with Crippen molar-refractivity contribution in [2.45, 2.75) is 81.2 Å². The molecule has 400 valence electrons. The molecule has 0 aromatic heterocycles. The number of rotatable bonds is 23. The van der Waals surface area contributed by atoms with E-state index in [9.17, 15) is 22.6 Å². The maximum atomic E-state index is 14.4. The topological polar surface area (TPSA) is 187 Å². The predicted octanol–water partition coefficient (Wildman–Crippen LogP) is 8.48. The van der Waals surface area contributed by atoms with Crippen molar-refractivity contribution in [1.29, 1.82) is 0 Å². The number of carbonyl (C=O) groups excluding carboxylic acids is 2. The Morgan fingerprint density at radius 2 is 1.28 bits per heavy atom. The minimum absolute atomic E-state index is 0.0239. The van der Waals surface area contributed by atoms with Gasteiger partial charge in [-0.2, -0.15) is 20.2 Å². The van der Waals surface area contributed by atoms with Crippen LogP contribution in [0.15, 0.2) is 91.0 Å². The van der Waals surface area contributed by atoms with Crippen LogP contribution in [0, 0.1) is 0 Å². The van der Waals surface area contributed by atoms with Crippen molar-refractivity contribution in [1.82, 2.24) is 0 Å². The highest BCUT2D eigenvalue weighted by atomic mass is 32.2. The van der Waals surface area contributed by atoms with Crippen LogP contribution in [0.25, 0.3) is 0 Å². The number of anilines is 5. The summed E-state index contributed by atoms with van der Waals surface area (Å²) in [7, 11) is -0.0495. The molecule has 0 saturated carbocycles. The summed E-state index contributed by atoms with van der Waals surface area (Å²) < 4.78 is 78.4. The van der Waals surface area contributed by atoms with E-state index in [1.807, 2.05) is 59.1 Å². The minimum atomic E-state index is -4.72. The van der Waals surface area contributed by atoms with Crippen molar-refractivity contribution >= 4 is 62.1 Å². The van der Waals surface area contributed by atoms with E-state index in [4.69, 9.17) is 33.2 Å². The van der Waals surface area contributed by atoms with Gasteiger partial charge in [0, 0.05) is 60.7 Å². The standard InChI is InChI=1S/C56H67N5O12S2/c1-35(2)74-56(3,4)34-59(16-17-70-20-21-71-19-18-67-5)40-23-36(32-72-51-29-44-42(27-49(51)68-6)54(62)60-41(31-57-44)25-38-12-8-10-14-46(38)60)22-37(24-40)33-73-52-30-45-43(28-50(52)69-7)55(63)61-47-15-11-9-13-39(47)26-48(61)53(58-45)75(64,65)66/h8-15,22-24,27-30,35,41,48,53,57-58H,16-21,25-26,31-34H2,1-7H3,(H,64,65,66). The number of carbonyl (C=O) groups is 2. The monoisotopic (exact) mass is 1070 g/mol. The van der Waals surface area contributed by atoms with E-state index in [-0.39, 0.29) is 59.1 Å². The Labute approximate surface area is 443 Å². The molecule has 0 spiro atoms. The first-order valence-corrected chi connectivity index (χ1v) is 27.6. The minimum Gasteiger partial charge on any atom is -0.493 e. The van der Waals surface area contributed by atoms with Crippen LogP contribution >= 0.6 is 11.8 Å². The van der Waals surface area contributed by atoms with Gasteiger partial charge in [0.25, 0.3) is 21.9 Å². The number of methoxy groups -OCH3 is 3. The van der Waals surface area contributed by atoms with Gasteiger partial charge in [-0.05, 0) is 96.7 Å². The fraction of sp³-hybridized carbons (Fsp3) is 0.429. The number of nitrogens with one attached hydrogen (secondary N) is 2. The fourth-order valence-corrected chi connectivity index (χ4v) is 13.0. The molecule has 4 aliphatic heterocycles. The van der Waals surface area contributed by atoms with Crippen LogP contribution in [0.2, 0.25) is 0 Å². The normalized spacial score (nSPS) is 17.6. The van der Waals surface area contributed by atoms with Gasteiger partial charge < -0.3 is 58.5 Å². The lowest BCUT2D eigenvalue weighted by atomic mass is 10.1. The van der Waals surface area contributed by atoms with E-state index in [2.05, 4.69) is 61.4 Å². The van der Waals surface area contributed by atoms with Gasteiger partial charge in [-0.1, -0.05) is 50.2 Å². The molecule has 17 nitrogen and oxygen atoms in total. The number of ether oxygens (including phenoxy) is 7. The van der Waals surface area contributed by atoms with E-state index in [1.165, 1.54) is 18.1 Å². The Morgan fingerprint density at radius 3 is 1.89 bits per heavy atom. The third-order valence-electron chi connectivity index (χ3n) is 13.7. The molecule has 3 atom stereocenters. The molecule has 0 fully saturated rings. The van der Waals surface area contributed by atoms with E-state index >= 15 is 0 Å². The molecule has 0 radical (unpaired) electrons. The van der Waals surface area contributed by atoms with Crippen molar-refractivity contribution in [2.24, 2.45) is 0 Å². The average molecular weight is 1070 g/mol. The third-order valence-corrected chi connectivity index (χ3v) is 16.0. The van der Waals surface area contributed by atoms with E-state index < -0.39 is 27.4 Å². The van der Waals surface area contributed by atoms with Gasteiger partial charge >= 0.3 is 0 Å². The van der Waals surface area contributed by atoms with Crippen LogP contribution in [-0.4, -0.2) is 126 Å². The maximum Gasteiger partial charge on any atom is 0.288 e. The van der Waals surface area contributed by atoms with Gasteiger partial charge in [-0.25, -0.2) is 0 Å². The molecule has 4 heterocycles. The lowest BCUT2D eigenvalue weighted by Gasteiger charge is -2.35. The highest BCUT2D eigenvalue weighted by Crippen LogP contribution is 2.44. The van der Waals surface area contributed by atoms with E-state index in [1.54, 1.807) is 38.5 Å². The molecule has 9 rings (SSSR count). The van der Waals surface area contributed by atoms with Gasteiger partial charge in [-0.15, -0.1) is 0 Å². The SMILES string of the molecule is COCCOCCOCCN(CC(C)(C)SC(C)C)c1cc(COc2cc3c(cc2OC)C(=O)N2c4ccccc4CC2CN3)cc(COc2cc3c(cc2OC)C(=O)N2c4ccccc4CC2C(S(=O)(=O)O)N3)c1. The molecule has 3 unspecified atom stereocenters. The molecular formula is C56H67N5O12S2. The molecule has 0 aliphatic carbocycles. The molecule has 2 amide bonds. The number of hydrogen-bond acceptors (Lipinski definition) is 15. The Kier molecular flexibility index (Phi) is 16.4. The highest BCUT2D eigenvalue weighted by molar-refractivity contribution is 8.01. The van der Waals surface area contributed by atoms with Gasteiger partial charge in [0.15, 0.2) is 28.4 Å². The summed E-state index contributed by atoms with van der Waals surface area (Å²) in [6, 6.07) is 27.1. The molecule has 0 bridgehead atoms. The lowest BCUT2D eigenvalue weighted by molar-refractivity contribution is 0.0264. The lowest BCUT2D eigenvalue weighted by Crippen LogP contribution is -2.49. The predicted molar refractivity (Wildman–Crippen MR) is 293 cm³/mol. The molecule has 19 heteroatoms. The second-order valence-corrected chi connectivity index (χ2v) is 23.8.